The molecular formula is C59H93N17O19S2. The van der Waals surface area contributed by atoms with Gasteiger partial charge in [0.15, 0.2) is 0 Å². The van der Waals surface area contributed by atoms with Crippen LogP contribution in [0.2, 0.25) is 0 Å². The molecule has 38 heteroatoms. The molecule has 3 saturated heterocycles. The number of nitrogens with one attached hydrogen (secondary N) is 8. The number of benzene rings is 1. The quantitative estimate of drug-likeness (QED) is 0.0274. The van der Waals surface area contributed by atoms with Crippen molar-refractivity contribution in [2.45, 2.75) is 126 Å². The number of primary amides is 3. The van der Waals surface area contributed by atoms with Gasteiger partial charge >= 0.3 is 17.9 Å². The Balaban J connectivity index is 1.56. The molecule has 0 bridgehead atoms. The standard InChI is InChI=1S/C59H93N17O19S2/c1-3-34(2)51-58(94)67-39(13-14-44(61)78)54(90)69-41(26-45(62)79)55(91)70-42(33-97-96-32-37(60)52(88)68-40(56(92)71-51)25-35-9-11-36(77)12-10-35)59(95)76-16-6-8-43(76)57(93)66-38(53(89)65-27-46(63)80)7-4-5-15-64-47(81)28-72-17-19-73(29-48(82)83)21-23-75(31-50(86)87)24-22-74(20-18-72)30-49(84)85/h9-12,34,37-43,51,77H,3-8,13-33,60H2,1-2H3,(H2,61,78)(H2,62,79)(H2,63,80)(H,64,81)(H,65,89)(H,66,93)(H,67,94)(H,68,88)(H,69,90)(H,70,91)(H,71,92)(H,82,83)(H,84,85)(H,86,87)/t34-,37-,38-,39?,40-,41-,42-,43-,51-/m0/s1. The van der Waals surface area contributed by atoms with E-state index in [2.05, 4.69) is 42.5 Å². The number of rotatable bonds is 28. The molecule has 0 saturated carbocycles. The average molecular weight is 1410 g/mol. The van der Waals surface area contributed by atoms with Gasteiger partial charge in [-0.3, -0.25) is 91.5 Å². The number of likely N-dealkylation sites (tertiary alicyclic amines) is 1. The van der Waals surface area contributed by atoms with Gasteiger partial charge in [0.2, 0.25) is 70.9 Å². The molecule has 1 aromatic rings. The van der Waals surface area contributed by atoms with E-state index in [1.54, 1.807) is 33.4 Å². The van der Waals surface area contributed by atoms with Gasteiger partial charge < -0.3 is 90.8 Å². The molecule has 1 unspecified atom stereocenters. The summed E-state index contributed by atoms with van der Waals surface area (Å²) in [6.45, 7) is 2.95. The van der Waals surface area contributed by atoms with Crippen LogP contribution in [0.15, 0.2) is 24.3 Å². The van der Waals surface area contributed by atoms with Crippen molar-refractivity contribution in [3.8, 4) is 5.75 Å². The van der Waals surface area contributed by atoms with Crippen LogP contribution in [0.5, 0.6) is 5.75 Å². The normalized spacial score (nSPS) is 23.0. The summed E-state index contributed by atoms with van der Waals surface area (Å²) in [6.07, 6.45) is -1.00. The lowest BCUT2D eigenvalue weighted by atomic mass is 9.96. The van der Waals surface area contributed by atoms with Crippen molar-refractivity contribution in [1.82, 2.24) is 67.0 Å². The zero-order valence-electron chi connectivity index (χ0n) is 54.4. The first kappa shape index (κ1) is 81.0. The number of carbonyl (C=O) groups is 15. The van der Waals surface area contributed by atoms with Crippen molar-refractivity contribution in [2.75, 3.05) is 110 Å². The van der Waals surface area contributed by atoms with Gasteiger partial charge in [-0.25, -0.2) is 0 Å². The Kier molecular flexibility index (Phi) is 34.8. The number of phenols is 1. The van der Waals surface area contributed by atoms with E-state index < -0.39 is 169 Å². The van der Waals surface area contributed by atoms with E-state index in [1.807, 2.05) is 0 Å². The molecule has 3 aliphatic rings. The molecule has 1 aromatic carbocycles. The van der Waals surface area contributed by atoms with Crippen LogP contribution in [0.4, 0.5) is 0 Å². The number of unbranched alkanes of at least 4 members (excludes halogenated alkanes) is 1. The Morgan fingerprint density at radius 3 is 1.68 bits per heavy atom. The Morgan fingerprint density at radius 1 is 0.619 bits per heavy atom. The minimum atomic E-state index is -1.84. The van der Waals surface area contributed by atoms with Crippen molar-refractivity contribution in [3.05, 3.63) is 29.8 Å². The summed E-state index contributed by atoms with van der Waals surface area (Å²) in [5, 5.41) is 59.2. The first-order valence-corrected chi connectivity index (χ1v) is 34.3. The van der Waals surface area contributed by atoms with Gasteiger partial charge in [-0.1, -0.05) is 54.0 Å². The third-order valence-corrected chi connectivity index (χ3v) is 18.6. The Morgan fingerprint density at radius 2 is 1.14 bits per heavy atom. The predicted octanol–water partition coefficient (Wildman–Crippen LogP) is -6.89. The van der Waals surface area contributed by atoms with Crippen LogP contribution in [0, 0.1) is 5.92 Å². The summed E-state index contributed by atoms with van der Waals surface area (Å²) in [5.74, 6) is -15.1. The molecule has 0 radical (unpaired) electrons. The fraction of sp³-hybridized carbons (Fsp3) is 0.644. The largest absolute Gasteiger partial charge is 0.508 e. The second-order valence-electron chi connectivity index (χ2n) is 23.9. The van der Waals surface area contributed by atoms with E-state index in [-0.39, 0.29) is 147 Å². The molecule has 3 heterocycles. The number of aromatic hydroxyl groups is 1. The van der Waals surface area contributed by atoms with Crippen LogP contribution < -0.4 is 65.5 Å². The summed E-state index contributed by atoms with van der Waals surface area (Å²) in [5.41, 5.74) is 23.2. The summed E-state index contributed by atoms with van der Waals surface area (Å²) in [7, 11) is 1.94. The zero-order valence-corrected chi connectivity index (χ0v) is 56.0. The minimum Gasteiger partial charge on any atom is -0.508 e. The topological polar surface area (TPSA) is 553 Å². The van der Waals surface area contributed by atoms with Crippen molar-refractivity contribution in [3.63, 3.8) is 0 Å². The van der Waals surface area contributed by atoms with E-state index in [0.29, 0.717) is 12.0 Å². The molecule has 0 spiro atoms. The number of carboxylic acid groups (broad SMARTS) is 3. The lowest BCUT2D eigenvalue weighted by Gasteiger charge is -2.32. The number of nitrogens with two attached hydrogens (primary N) is 4. The Bertz CT molecular complexity index is 2910. The third-order valence-electron chi connectivity index (χ3n) is 16.2. The highest BCUT2D eigenvalue weighted by Gasteiger charge is 2.41. The molecule has 0 aliphatic carbocycles. The van der Waals surface area contributed by atoms with E-state index in [4.69, 9.17) is 22.9 Å². The SMILES string of the molecule is CC[C@H](C)[C@@H]1NC(=O)[C@H](Cc2ccc(O)cc2)NC(=O)[C@@H](N)CSSC[C@@H](C(=O)N2CCC[C@H]2C(=O)N[C@@H](CCCCNC(=O)CN2CCN(CC(=O)O)CCN(CC(=O)O)CCN(CC(=O)O)CC2)C(=O)NCC(N)=O)NC(=O)[C@H](CC(N)=O)NC(=O)C(CCC(N)=O)NC1=O. The van der Waals surface area contributed by atoms with Crippen LogP contribution >= 0.6 is 21.6 Å². The summed E-state index contributed by atoms with van der Waals surface area (Å²) in [6, 6.07) is -5.98. The van der Waals surface area contributed by atoms with Crippen molar-refractivity contribution >= 4 is 110 Å². The van der Waals surface area contributed by atoms with Gasteiger partial charge in [-0.15, -0.1) is 0 Å². The number of carboxylic acids is 3. The van der Waals surface area contributed by atoms with E-state index >= 15 is 0 Å². The molecule has 20 N–H and O–H groups in total. The molecule has 4 rings (SSSR count). The maximum atomic E-state index is 14.9. The van der Waals surface area contributed by atoms with E-state index in [0.717, 1.165) is 26.5 Å². The zero-order chi connectivity index (χ0) is 71.9. The molecular weight excluding hydrogens is 1310 g/mol. The highest BCUT2D eigenvalue weighted by atomic mass is 33.1. The molecule has 3 fully saturated rings. The first-order chi connectivity index (χ1) is 45.9. The Hall–Kier alpha value is -8.43. The van der Waals surface area contributed by atoms with Crippen molar-refractivity contribution in [1.29, 1.82) is 0 Å². The highest BCUT2D eigenvalue weighted by molar-refractivity contribution is 8.76. The summed E-state index contributed by atoms with van der Waals surface area (Å²) >= 11 is 0. The fourth-order valence-corrected chi connectivity index (χ4v) is 12.9. The highest BCUT2D eigenvalue weighted by Crippen LogP contribution is 2.26. The van der Waals surface area contributed by atoms with E-state index in [9.17, 15) is 92.3 Å². The van der Waals surface area contributed by atoms with Crippen LogP contribution in [0.25, 0.3) is 0 Å². The lowest BCUT2D eigenvalue weighted by molar-refractivity contribution is -0.142. The van der Waals surface area contributed by atoms with Gasteiger partial charge in [0.1, 0.15) is 48.0 Å². The van der Waals surface area contributed by atoms with Gasteiger partial charge in [0.25, 0.3) is 0 Å². The van der Waals surface area contributed by atoms with Crippen molar-refractivity contribution in [2.24, 2.45) is 28.9 Å². The molecule has 97 heavy (non-hydrogen) atoms. The van der Waals surface area contributed by atoms with Crippen LogP contribution in [0.1, 0.15) is 77.2 Å². The minimum absolute atomic E-state index is 0.0474. The maximum Gasteiger partial charge on any atom is 0.317 e. The molecule has 3 aliphatic heterocycles. The van der Waals surface area contributed by atoms with Crippen LogP contribution in [0.3, 0.4) is 0 Å². The molecule has 9 atom stereocenters. The average Bonchev–Trinajstić information content (AvgIpc) is 1.83. The number of amides is 12. The van der Waals surface area contributed by atoms with Crippen molar-refractivity contribution < 1.29 is 92.3 Å². The Labute approximate surface area is 568 Å². The smallest absolute Gasteiger partial charge is 0.317 e. The number of hydrogen-bond acceptors (Lipinski definition) is 23. The van der Waals surface area contributed by atoms with Gasteiger partial charge in [0.05, 0.1) is 45.2 Å². The monoisotopic (exact) mass is 1410 g/mol. The number of aliphatic carboxylic acids is 3. The van der Waals surface area contributed by atoms with Crippen LogP contribution in [-0.4, -0.2) is 292 Å². The van der Waals surface area contributed by atoms with Crippen LogP contribution in [-0.2, 0) is 78.3 Å². The van der Waals surface area contributed by atoms with Gasteiger partial charge in [-0.05, 0) is 62.1 Å². The van der Waals surface area contributed by atoms with Gasteiger partial charge in [-0.2, -0.15) is 0 Å². The number of hydrogen-bond donors (Lipinski definition) is 16. The second kappa shape index (κ2) is 41.6. The van der Waals surface area contributed by atoms with E-state index in [1.165, 1.54) is 24.3 Å². The summed E-state index contributed by atoms with van der Waals surface area (Å²) in [4.78, 5) is 206. The molecule has 12 amide bonds. The number of nitrogens with zero attached hydrogens (tertiary/aromatic N) is 5. The molecule has 36 nitrogen and oxygen atoms in total. The summed E-state index contributed by atoms with van der Waals surface area (Å²) < 4.78 is 0. The number of phenolic OH excluding ortho intramolecular Hbond substituents is 1. The number of carbonyl (C=O) groups excluding carboxylic acids is 12. The second-order valence-corrected chi connectivity index (χ2v) is 26.5. The third kappa shape index (κ3) is 29.8. The maximum absolute atomic E-state index is 14.9. The molecule has 540 valence electrons. The van der Waals surface area contributed by atoms with Gasteiger partial charge in [0, 0.05) is 89.8 Å². The lowest BCUT2D eigenvalue weighted by Crippen LogP contribution is -2.61. The predicted molar refractivity (Wildman–Crippen MR) is 350 cm³/mol. The molecule has 0 aromatic heterocycles. The fourth-order valence-electron chi connectivity index (χ4n) is 10.7. The first-order valence-electron chi connectivity index (χ1n) is 31.8.